The number of aryl methyl sites for hydroxylation is 1. The average Bonchev–Trinajstić information content (AvgIpc) is 2.85. The molecule has 1 amide bonds. The summed E-state index contributed by atoms with van der Waals surface area (Å²) in [5, 5.41) is 6.93. The molecule has 6 heteroatoms. The van der Waals surface area contributed by atoms with Crippen molar-refractivity contribution in [1.29, 1.82) is 0 Å². The number of carbonyl (C=O) groups is 1. The van der Waals surface area contributed by atoms with E-state index in [0.717, 1.165) is 12.8 Å². The molecule has 0 bridgehead atoms. The largest absolute Gasteiger partial charge is 0.375 e. The monoisotopic (exact) mass is 260 g/mol. The Morgan fingerprint density at radius 2 is 2.21 bits per heavy atom. The number of benzene rings is 1. The predicted octanol–water partition coefficient (Wildman–Crippen LogP) is 1.73. The second kappa shape index (κ2) is 5.99. The van der Waals surface area contributed by atoms with Crippen LogP contribution in [0.4, 0.5) is 5.69 Å². The Balaban J connectivity index is 2.03. The lowest BCUT2D eigenvalue weighted by atomic mass is 10.1. The fourth-order valence-electron chi connectivity index (χ4n) is 1.71. The molecule has 19 heavy (non-hydrogen) atoms. The van der Waals surface area contributed by atoms with Gasteiger partial charge < -0.3 is 15.6 Å². The molecule has 2 rings (SSSR count). The van der Waals surface area contributed by atoms with Gasteiger partial charge in [0.15, 0.2) is 5.82 Å². The van der Waals surface area contributed by atoms with Gasteiger partial charge in [0.1, 0.15) is 0 Å². The lowest BCUT2D eigenvalue weighted by Gasteiger charge is -2.07. The van der Waals surface area contributed by atoms with Gasteiger partial charge in [-0.1, -0.05) is 24.2 Å². The number of aromatic nitrogens is 2. The summed E-state index contributed by atoms with van der Waals surface area (Å²) in [6, 6.07) is 7.03. The summed E-state index contributed by atoms with van der Waals surface area (Å²) in [5.41, 5.74) is 6.40. The summed E-state index contributed by atoms with van der Waals surface area (Å²) >= 11 is 0. The fourth-order valence-corrected chi connectivity index (χ4v) is 1.71. The van der Waals surface area contributed by atoms with E-state index in [9.17, 15) is 4.79 Å². The normalized spacial score (nSPS) is 10.4. The molecule has 0 unspecified atom stereocenters. The third-order valence-electron chi connectivity index (χ3n) is 2.61. The molecule has 0 saturated heterocycles. The van der Waals surface area contributed by atoms with Crippen LogP contribution in [0.2, 0.25) is 0 Å². The van der Waals surface area contributed by atoms with Crippen LogP contribution >= 0.6 is 0 Å². The van der Waals surface area contributed by atoms with Crippen molar-refractivity contribution < 1.29 is 9.32 Å². The Morgan fingerprint density at radius 1 is 1.42 bits per heavy atom. The second-order valence-electron chi connectivity index (χ2n) is 4.12. The van der Waals surface area contributed by atoms with E-state index in [2.05, 4.69) is 22.4 Å². The molecular weight excluding hydrogens is 244 g/mol. The number of anilines is 1. The smallest absolute Gasteiger partial charge is 0.250 e. The Morgan fingerprint density at radius 3 is 2.95 bits per heavy atom. The first kappa shape index (κ1) is 13.1. The Labute approximate surface area is 111 Å². The summed E-state index contributed by atoms with van der Waals surface area (Å²) in [4.78, 5) is 15.5. The van der Waals surface area contributed by atoms with Crippen LogP contribution in [0.3, 0.4) is 0 Å². The molecule has 1 aromatic heterocycles. The first-order valence-electron chi connectivity index (χ1n) is 6.15. The van der Waals surface area contributed by atoms with Gasteiger partial charge in [0, 0.05) is 12.1 Å². The summed E-state index contributed by atoms with van der Waals surface area (Å²) < 4.78 is 5.10. The second-order valence-corrected chi connectivity index (χ2v) is 4.12. The molecule has 0 aliphatic carbocycles. The number of rotatable bonds is 6. The van der Waals surface area contributed by atoms with Gasteiger partial charge in [-0.05, 0) is 18.6 Å². The van der Waals surface area contributed by atoms with Crippen LogP contribution in [0.1, 0.15) is 35.4 Å². The molecule has 0 atom stereocenters. The number of nitrogens with zero attached hydrogens (tertiary/aromatic N) is 2. The molecule has 3 N–H and O–H groups in total. The minimum absolute atomic E-state index is 0.362. The summed E-state index contributed by atoms with van der Waals surface area (Å²) in [6.07, 6.45) is 1.76. The van der Waals surface area contributed by atoms with Crippen molar-refractivity contribution in [1.82, 2.24) is 10.1 Å². The molecule has 1 heterocycles. The van der Waals surface area contributed by atoms with Crippen molar-refractivity contribution in [3.8, 4) is 0 Å². The third kappa shape index (κ3) is 3.31. The Hall–Kier alpha value is -2.37. The number of carbonyl (C=O) groups excluding carboxylic acids is 1. The summed E-state index contributed by atoms with van der Waals surface area (Å²) in [6.45, 7) is 2.42. The average molecular weight is 260 g/mol. The number of primary amides is 1. The number of hydrogen-bond donors (Lipinski definition) is 2. The fraction of sp³-hybridized carbons (Fsp3) is 0.308. The molecule has 6 nitrogen and oxygen atoms in total. The molecule has 2 aromatic rings. The zero-order valence-electron chi connectivity index (χ0n) is 10.7. The van der Waals surface area contributed by atoms with Crippen LogP contribution < -0.4 is 11.1 Å². The maximum Gasteiger partial charge on any atom is 0.250 e. The third-order valence-corrected chi connectivity index (χ3v) is 2.61. The van der Waals surface area contributed by atoms with Crippen molar-refractivity contribution in [2.24, 2.45) is 5.73 Å². The first-order chi connectivity index (χ1) is 9.20. The van der Waals surface area contributed by atoms with E-state index in [-0.39, 0.29) is 0 Å². The topological polar surface area (TPSA) is 94.0 Å². The quantitative estimate of drug-likeness (QED) is 0.824. The molecule has 0 fully saturated rings. The molecule has 0 spiro atoms. The van der Waals surface area contributed by atoms with E-state index in [1.807, 2.05) is 6.07 Å². The van der Waals surface area contributed by atoms with Crippen LogP contribution in [0.5, 0.6) is 0 Å². The van der Waals surface area contributed by atoms with Gasteiger partial charge in [-0.15, -0.1) is 0 Å². The highest BCUT2D eigenvalue weighted by Gasteiger charge is 2.09. The van der Waals surface area contributed by atoms with Gasteiger partial charge in [-0.2, -0.15) is 4.98 Å². The lowest BCUT2D eigenvalue weighted by molar-refractivity contribution is 0.100. The number of para-hydroxylation sites is 1. The number of nitrogens with two attached hydrogens (primary N) is 1. The van der Waals surface area contributed by atoms with E-state index in [1.54, 1.807) is 18.2 Å². The number of amides is 1. The first-order valence-corrected chi connectivity index (χ1v) is 6.15. The molecule has 100 valence electrons. The van der Waals surface area contributed by atoms with Crippen molar-refractivity contribution >= 4 is 11.6 Å². The molecular formula is C13H16N4O2. The number of hydrogen-bond acceptors (Lipinski definition) is 5. The van der Waals surface area contributed by atoms with Crippen molar-refractivity contribution in [3.05, 3.63) is 41.5 Å². The minimum atomic E-state index is -0.472. The van der Waals surface area contributed by atoms with Crippen molar-refractivity contribution in [2.75, 3.05) is 5.32 Å². The zero-order valence-corrected chi connectivity index (χ0v) is 10.7. The lowest BCUT2D eigenvalue weighted by Crippen LogP contribution is -2.14. The van der Waals surface area contributed by atoms with Crippen LogP contribution in [-0.4, -0.2) is 16.0 Å². The Kier molecular flexibility index (Phi) is 4.12. The van der Waals surface area contributed by atoms with E-state index in [1.165, 1.54) is 0 Å². The Bertz CT molecular complexity index is 565. The highest BCUT2D eigenvalue weighted by Crippen LogP contribution is 2.15. The van der Waals surface area contributed by atoms with Crippen molar-refractivity contribution in [3.63, 3.8) is 0 Å². The maximum absolute atomic E-state index is 11.3. The van der Waals surface area contributed by atoms with Gasteiger partial charge in [-0.3, -0.25) is 4.79 Å². The van der Waals surface area contributed by atoms with E-state index >= 15 is 0 Å². The van der Waals surface area contributed by atoms with Gasteiger partial charge in [0.25, 0.3) is 5.91 Å². The summed E-state index contributed by atoms with van der Waals surface area (Å²) in [7, 11) is 0. The zero-order chi connectivity index (χ0) is 13.7. The molecule has 0 saturated carbocycles. The van der Waals surface area contributed by atoms with Crippen LogP contribution in [-0.2, 0) is 13.0 Å². The molecule has 0 aliphatic heterocycles. The maximum atomic E-state index is 11.3. The standard InChI is InChI=1S/C13H16N4O2/c1-2-5-11-16-12(19-17-11)8-15-10-7-4-3-6-9(10)13(14)18/h3-4,6-7,15H,2,5,8H2,1H3,(H2,14,18). The van der Waals surface area contributed by atoms with Crippen LogP contribution in [0, 0.1) is 0 Å². The van der Waals surface area contributed by atoms with E-state index < -0.39 is 5.91 Å². The SMILES string of the molecule is CCCc1noc(CNc2ccccc2C(N)=O)n1. The van der Waals surface area contributed by atoms with E-state index in [0.29, 0.717) is 29.5 Å². The van der Waals surface area contributed by atoms with Crippen LogP contribution in [0.15, 0.2) is 28.8 Å². The predicted molar refractivity (Wildman–Crippen MR) is 70.6 cm³/mol. The van der Waals surface area contributed by atoms with E-state index in [4.69, 9.17) is 10.3 Å². The highest BCUT2D eigenvalue weighted by molar-refractivity contribution is 5.98. The highest BCUT2D eigenvalue weighted by atomic mass is 16.5. The van der Waals surface area contributed by atoms with Gasteiger partial charge >= 0.3 is 0 Å². The van der Waals surface area contributed by atoms with Crippen molar-refractivity contribution in [2.45, 2.75) is 26.3 Å². The molecule has 0 radical (unpaired) electrons. The number of nitrogens with one attached hydrogen (secondary N) is 1. The minimum Gasteiger partial charge on any atom is -0.375 e. The van der Waals surface area contributed by atoms with Gasteiger partial charge in [0.2, 0.25) is 5.89 Å². The molecule has 1 aromatic carbocycles. The summed E-state index contributed by atoms with van der Waals surface area (Å²) in [5.74, 6) is 0.713. The van der Waals surface area contributed by atoms with Gasteiger partial charge in [-0.25, -0.2) is 0 Å². The molecule has 0 aliphatic rings. The van der Waals surface area contributed by atoms with Gasteiger partial charge in [0.05, 0.1) is 12.1 Å². The van der Waals surface area contributed by atoms with Crippen LogP contribution in [0.25, 0.3) is 0 Å².